The number of nitrogens with zero attached hydrogens (tertiary/aromatic N) is 1. The van der Waals surface area contributed by atoms with Crippen molar-refractivity contribution in [3.8, 4) is 10.6 Å². The second kappa shape index (κ2) is 9.72. The van der Waals surface area contributed by atoms with E-state index in [-0.39, 0.29) is 24.0 Å². The van der Waals surface area contributed by atoms with E-state index in [0.717, 1.165) is 26.3 Å². The normalized spacial score (nSPS) is 10.6. The van der Waals surface area contributed by atoms with Crippen LogP contribution in [0.15, 0.2) is 81.2 Å². The van der Waals surface area contributed by atoms with Gasteiger partial charge in [0.05, 0.1) is 18.4 Å². The number of carbonyl (C=O) groups is 2. The van der Waals surface area contributed by atoms with Crippen LogP contribution in [0.25, 0.3) is 10.6 Å². The van der Waals surface area contributed by atoms with Gasteiger partial charge in [-0.15, -0.1) is 11.3 Å². The van der Waals surface area contributed by atoms with Gasteiger partial charge in [-0.2, -0.15) is 0 Å². The Balaban J connectivity index is 1.31. The molecular weight excluding hydrogens is 478 g/mol. The maximum Gasteiger partial charge on any atom is 0.291 e. The summed E-state index contributed by atoms with van der Waals surface area (Å²) in [7, 11) is 0. The molecule has 2 amide bonds. The SMILES string of the molecule is O=C(Cc1csc(-c2cccc(Br)c2)n1)NCc1cccc(NC(=O)c2ccco2)c1. The predicted octanol–water partition coefficient (Wildman–Crippen LogP) is 5.28. The Kier molecular flexibility index (Phi) is 6.59. The lowest BCUT2D eigenvalue weighted by molar-refractivity contribution is -0.120. The molecule has 8 heteroatoms. The third-order valence-corrected chi connectivity index (χ3v) is 5.82. The Bertz CT molecular complexity index is 1200. The van der Waals surface area contributed by atoms with Crippen LogP contribution in [0.1, 0.15) is 21.8 Å². The minimum absolute atomic E-state index is 0.115. The van der Waals surface area contributed by atoms with Crippen molar-refractivity contribution >= 4 is 44.8 Å². The number of hydrogen-bond acceptors (Lipinski definition) is 5. The number of rotatable bonds is 7. The number of aromatic nitrogens is 1. The van der Waals surface area contributed by atoms with Crippen molar-refractivity contribution in [1.82, 2.24) is 10.3 Å². The molecule has 2 heterocycles. The molecule has 156 valence electrons. The van der Waals surface area contributed by atoms with Crippen molar-refractivity contribution in [1.29, 1.82) is 0 Å². The van der Waals surface area contributed by atoms with Crippen molar-refractivity contribution in [2.75, 3.05) is 5.32 Å². The third kappa shape index (κ3) is 5.68. The van der Waals surface area contributed by atoms with E-state index in [4.69, 9.17) is 4.42 Å². The third-order valence-electron chi connectivity index (χ3n) is 4.38. The molecular formula is C23H18BrN3O3S. The Morgan fingerprint density at radius 3 is 2.74 bits per heavy atom. The van der Waals surface area contributed by atoms with E-state index in [9.17, 15) is 9.59 Å². The Hall–Kier alpha value is -3.23. The average molecular weight is 496 g/mol. The quantitative estimate of drug-likeness (QED) is 0.365. The lowest BCUT2D eigenvalue weighted by Gasteiger charge is -2.08. The number of halogens is 1. The number of nitrogens with one attached hydrogen (secondary N) is 2. The van der Waals surface area contributed by atoms with Crippen LogP contribution >= 0.6 is 27.3 Å². The van der Waals surface area contributed by atoms with Crippen LogP contribution in [-0.2, 0) is 17.8 Å². The zero-order valence-corrected chi connectivity index (χ0v) is 18.7. The van der Waals surface area contributed by atoms with E-state index in [2.05, 4.69) is 31.5 Å². The van der Waals surface area contributed by atoms with E-state index in [1.807, 2.05) is 47.8 Å². The number of amides is 2. The largest absolute Gasteiger partial charge is 0.459 e. The summed E-state index contributed by atoms with van der Waals surface area (Å²) in [4.78, 5) is 29.0. The highest BCUT2D eigenvalue weighted by atomic mass is 79.9. The summed E-state index contributed by atoms with van der Waals surface area (Å²) in [5.74, 6) is -0.198. The first-order valence-electron chi connectivity index (χ1n) is 9.48. The van der Waals surface area contributed by atoms with Gasteiger partial charge in [-0.3, -0.25) is 9.59 Å². The molecule has 0 spiro atoms. The number of thiazole rings is 1. The second-order valence-electron chi connectivity index (χ2n) is 6.74. The van der Waals surface area contributed by atoms with E-state index in [0.29, 0.717) is 12.2 Å². The molecule has 0 saturated heterocycles. The van der Waals surface area contributed by atoms with E-state index >= 15 is 0 Å². The van der Waals surface area contributed by atoms with E-state index in [1.54, 1.807) is 18.2 Å². The minimum atomic E-state index is -0.323. The fourth-order valence-electron chi connectivity index (χ4n) is 2.93. The Labute approximate surface area is 191 Å². The van der Waals surface area contributed by atoms with Crippen LogP contribution in [0, 0.1) is 0 Å². The Morgan fingerprint density at radius 1 is 1.06 bits per heavy atom. The number of hydrogen-bond donors (Lipinski definition) is 2. The molecule has 0 fully saturated rings. The monoisotopic (exact) mass is 495 g/mol. The van der Waals surface area contributed by atoms with Crippen molar-refractivity contribution in [2.24, 2.45) is 0 Å². The molecule has 0 unspecified atom stereocenters. The number of carbonyl (C=O) groups excluding carboxylic acids is 2. The fraction of sp³-hybridized carbons (Fsp3) is 0.0870. The molecule has 2 N–H and O–H groups in total. The number of anilines is 1. The van der Waals surface area contributed by atoms with Gasteiger partial charge < -0.3 is 15.1 Å². The van der Waals surface area contributed by atoms with Gasteiger partial charge in [-0.05, 0) is 42.0 Å². The summed E-state index contributed by atoms with van der Waals surface area (Å²) >= 11 is 4.98. The molecule has 0 atom stereocenters. The summed E-state index contributed by atoms with van der Waals surface area (Å²) in [6.45, 7) is 0.353. The molecule has 6 nitrogen and oxygen atoms in total. The van der Waals surface area contributed by atoms with Crippen molar-refractivity contribution in [3.63, 3.8) is 0 Å². The molecule has 0 bridgehead atoms. The number of furan rings is 1. The smallest absolute Gasteiger partial charge is 0.291 e. The zero-order chi connectivity index (χ0) is 21.6. The molecule has 0 radical (unpaired) electrons. The summed E-state index contributed by atoms with van der Waals surface area (Å²) in [6.07, 6.45) is 1.66. The van der Waals surface area contributed by atoms with E-state index in [1.165, 1.54) is 17.6 Å². The first kappa shape index (κ1) is 21.0. The molecule has 0 aliphatic heterocycles. The standard InChI is InChI=1S/C23H18BrN3O3S/c24-17-6-2-5-16(11-17)23-27-19(14-31-23)12-21(28)25-13-15-4-1-7-18(10-15)26-22(29)20-8-3-9-30-20/h1-11,14H,12-13H2,(H,25,28)(H,26,29). The maximum absolute atomic E-state index is 12.4. The van der Waals surface area contributed by atoms with Gasteiger partial charge in [0.1, 0.15) is 5.01 Å². The highest BCUT2D eigenvalue weighted by molar-refractivity contribution is 9.10. The maximum atomic E-state index is 12.4. The van der Waals surface area contributed by atoms with Crippen LogP contribution in [0.3, 0.4) is 0 Å². The predicted molar refractivity (Wildman–Crippen MR) is 124 cm³/mol. The van der Waals surface area contributed by atoms with Crippen molar-refractivity contribution < 1.29 is 14.0 Å². The molecule has 2 aromatic carbocycles. The molecule has 0 saturated carbocycles. The summed E-state index contributed by atoms with van der Waals surface area (Å²) in [5, 5.41) is 8.46. The topological polar surface area (TPSA) is 84.2 Å². The van der Waals surface area contributed by atoms with Crippen LogP contribution in [-0.4, -0.2) is 16.8 Å². The van der Waals surface area contributed by atoms with Gasteiger partial charge in [-0.25, -0.2) is 4.98 Å². The zero-order valence-electron chi connectivity index (χ0n) is 16.3. The fourth-order valence-corrected chi connectivity index (χ4v) is 4.15. The first-order chi connectivity index (χ1) is 15.1. The van der Waals surface area contributed by atoms with Gasteiger partial charge in [0.25, 0.3) is 5.91 Å². The van der Waals surface area contributed by atoms with E-state index < -0.39 is 0 Å². The first-order valence-corrected chi connectivity index (χ1v) is 11.1. The van der Waals surface area contributed by atoms with Gasteiger partial charge in [0.15, 0.2) is 5.76 Å². The van der Waals surface area contributed by atoms with Crippen LogP contribution in [0.2, 0.25) is 0 Å². The molecule has 0 aliphatic carbocycles. The molecule has 4 aromatic rings. The highest BCUT2D eigenvalue weighted by Gasteiger charge is 2.11. The summed E-state index contributed by atoms with van der Waals surface area (Å²) in [6, 6.07) is 18.5. The lowest BCUT2D eigenvalue weighted by Crippen LogP contribution is -2.24. The Morgan fingerprint density at radius 2 is 1.94 bits per heavy atom. The molecule has 2 aromatic heterocycles. The van der Waals surface area contributed by atoms with Gasteiger partial charge in [0, 0.05) is 27.6 Å². The van der Waals surface area contributed by atoms with Crippen molar-refractivity contribution in [2.45, 2.75) is 13.0 Å². The molecule has 0 aliphatic rings. The highest BCUT2D eigenvalue weighted by Crippen LogP contribution is 2.26. The van der Waals surface area contributed by atoms with Crippen LogP contribution < -0.4 is 10.6 Å². The lowest BCUT2D eigenvalue weighted by atomic mass is 10.2. The average Bonchev–Trinajstić information content (AvgIpc) is 3.45. The molecule has 31 heavy (non-hydrogen) atoms. The van der Waals surface area contributed by atoms with Crippen LogP contribution in [0.4, 0.5) is 5.69 Å². The second-order valence-corrected chi connectivity index (χ2v) is 8.51. The van der Waals surface area contributed by atoms with Gasteiger partial charge in [-0.1, -0.05) is 40.2 Å². The molecule has 4 rings (SSSR count). The van der Waals surface area contributed by atoms with Crippen molar-refractivity contribution in [3.05, 3.63) is 93.8 Å². The minimum Gasteiger partial charge on any atom is -0.459 e. The summed E-state index contributed by atoms with van der Waals surface area (Å²) < 4.78 is 6.08. The number of benzene rings is 2. The van der Waals surface area contributed by atoms with Crippen LogP contribution in [0.5, 0.6) is 0 Å². The van der Waals surface area contributed by atoms with Gasteiger partial charge >= 0.3 is 0 Å². The van der Waals surface area contributed by atoms with Gasteiger partial charge in [0.2, 0.25) is 5.91 Å². The summed E-state index contributed by atoms with van der Waals surface area (Å²) in [5.41, 5.74) is 3.25.